The summed E-state index contributed by atoms with van der Waals surface area (Å²) in [6.45, 7) is 11.0. The summed E-state index contributed by atoms with van der Waals surface area (Å²) in [4.78, 5) is 0. The van der Waals surface area contributed by atoms with E-state index in [0.29, 0.717) is 11.8 Å². The molecule has 2 heterocycles. The molecule has 16 heavy (non-hydrogen) atoms. The molecule has 2 nitrogen and oxygen atoms in total. The molecule has 0 saturated carbocycles. The van der Waals surface area contributed by atoms with E-state index in [9.17, 15) is 0 Å². The van der Waals surface area contributed by atoms with Gasteiger partial charge in [0.05, 0.1) is 11.2 Å². The average Bonchev–Trinajstić information content (AvgIpc) is 2.55. The summed E-state index contributed by atoms with van der Waals surface area (Å²) in [5.41, 5.74) is 5.14. The van der Waals surface area contributed by atoms with Gasteiger partial charge in [-0.3, -0.25) is 0 Å². The van der Waals surface area contributed by atoms with Gasteiger partial charge in [-0.15, -0.1) is 0 Å². The molecule has 0 N–H and O–H groups in total. The number of aryl methyl sites for hydroxylation is 1. The summed E-state index contributed by atoms with van der Waals surface area (Å²) in [6.07, 6.45) is 2.10. The van der Waals surface area contributed by atoms with Crippen LogP contribution in [0.5, 0.6) is 0 Å². The van der Waals surface area contributed by atoms with Gasteiger partial charge in [0.2, 0.25) is 0 Å². The molecule has 0 bridgehead atoms. The third-order valence-electron chi connectivity index (χ3n) is 2.97. The Morgan fingerprint density at radius 3 is 2.31 bits per heavy atom. The van der Waals surface area contributed by atoms with Crippen LogP contribution in [0, 0.1) is 6.92 Å². The Morgan fingerprint density at radius 2 is 1.75 bits per heavy atom. The minimum atomic E-state index is 0.484. The molecule has 0 saturated heterocycles. The lowest BCUT2D eigenvalue weighted by Gasteiger charge is -2.08. The van der Waals surface area contributed by atoms with Gasteiger partial charge in [-0.25, -0.2) is 4.52 Å². The molecule has 0 fully saturated rings. The highest BCUT2D eigenvalue weighted by Gasteiger charge is 2.17. The summed E-state index contributed by atoms with van der Waals surface area (Å²) in [6, 6.07) is 4.34. The van der Waals surface area contributed by atoms with Gasteiger partial charge in [0.1, 0.15) is 0 Å². The highest BCUT2D eigenvalue weighted by atomic mass is 15.2. The molecular formula is C14H20N2. The maximum atomic E-state index is 4.71. The average molecular weight is 216 g/mol. The molecule has 0 atom stereocenters. The first-order chi connectivity index (χ1) is 7.50. The third kappa shape index (κ3) is 1.73. The van der Waals surface area contributed by atoms with E-state index < -0.39 is 0 Å². The fourth-order valence-electron chi connectivity index (χ4n) is 2.21. The second-order valence-corrected chi connectivity index (χ2v) is 5.14. The SMILES string of the molecule is Cc1ccc2c(C(C)C)c(C(C)C)nn2c1. The Bertz CT molecular complexity index is 507. The van der Waals surface area contributed by atoms with Crippen LogP contribution < -0.4 is 0 Å². The summed E-state index contributed by atoms with van der Waals surface area (Å²) in [7, 11) is 0. The van der Waals surface area contributed by atoms with Crippen LogP contribution in [0.3, 0.4) is 0 Å². The Hall–Kier alpha value is -1.31. The molecule has 2 rings (SSSR count). The van der Waals surface area contributed by atoms with E-state index in [1.54, 1.807) is 0 Å². The number of nitrogens with zero attached hydrogens (tertiary/aromatic N) is 2. The van der Waals surface area contributed by atoms with Gasteiger partial charge in [-0.2, -0.15) is 5.10 Å². The predicted octanol–water partition coefficient (Wildman–Crippen LogP) is 3.89. The number of aromatic nitrogens is 2. The molecule has 0 spiro atoms. The van der Waals surface area contributed by atoms with Crippen LogP contribution in [0.15, 0.2) is 18.3 Å². The van der Waals surface area contributed by atoms with Crippen molar-refractivity contribution in [2.24, 2.45) is 0 Å². The van der Waals surface area contributed by atoms with E-state index in [1.165, 1.54) is 22.3 Å². The maximum Gasteiger partial charge on any atom is 0.0699 e. The van der Waals surface area contributed by atoms with E-state index in [-0.39, 0.29) is 0 Å². The molecule has 2 aromatic heterocycles. The van der Waals surface area contributed by atoms with Crippen molar-refractivity contribution in [2.75, 3.05) is 0 Å². The highest BCUT2D eigenvalue weighted by Crippen LogP contribution is 2.29. The third-order valence-corrected chi connectivity index (χ3v) is 2.97. The second-order valence-electron chi connectivity index (χ2n) is 5.14. The molecule has 86 valence electrons. The Kier molecular flexibility index (Phi) is 2.75. The van der Waals surface area contributed by atoms with E-state index in [1.807, 2.05) is 4.52 Å². The van der Waals surface area contributed by atoms with Crippen LogP contribution in [0.1, 0.15) is 56.4 Å². The van der Waals surface area contributed by atoms with E-state index in [0.717, 1.165) is 0 Å². The van der Waals surface area contributed by atoms with Crippen molar-refractivity contribution in [3.8, 4) is 0 Å². The summed E-state index contributed by atoms with van der Waals surface area (Å²) >= 11 is 0. The van der Waals surface area contributed by atoms with Gasteiger partial charge in [0, 0.05) is 11.8 Å². The molecule has 2 heteroatoms. The van der Waals surface area contributed by atoms with E-state index in [2.05, 4.69) is 52.9 Å². The normalized spacial score (nSPS) is 11.9. The lowest BCUT2D eigenvalue weighted by molar-refractivity contribution is 0.756. The van der Waals surface area contributed by atoms with Gasteiger partial charge in [0.15, 0.2) is 0 Å². The van der Waals surface area contributed by atoms with Crippen LogP contribution in [0.4, 0.5) is 0 Å². The minimum Gasteiger partial charge on any atom is -0.240 e. The van der Waals surface area contributed by atoms with Crippen molar-refractivity contribution >= 4 is 5.52 Å². The van der Waals surface area contributed by atoms with Crippen molar-refractivity contribution in [3.05, 3.63) is 35.2 Å². The standard InChI is InChI=1S/C14H20N2/c1-9(2)13-12-7-6-11(5)8-16(12)15-14(13)10(3)4/h6-10H,1-5H3. The predicted molar refractivity (Wildman–Crippen MR) is 68.1 cm³/mol. The number of pyridine rings is 1. The van der Waals surface area contributed by atoms with Crippen LogP contribution >= 0.6 is 0 Å². The largest absolute Gasteiger partial charge is 0.240 e. The summed E-state index contributed by atoms with van der Waals surface area (Å²) in [5.74, 6) is 1.01. The fraction of sp³-hybridized carbons (Fsp3) is 0.500. The van der Waals surface area contributed by atoms with Crippen molar-refractivity contribution in [1.29, 1.82) is 0 Å². The Labute approximate surface area is 97.3 Å². The Morgan fingerprint density at radius 1 is 1.06 bits per heavy atom. The zero-order valence-corrected chi connectivity index (χ0v) is 10.8. The van der Waals surface area contributed by atoms with Crippen LogP contribution in [0.25, 0.3) is 5.52 Å². The lowest BCUT2D eigenvalue weighted by atomic mass is 9.96. The molecule has 0 amide bonds. The smallest absolute Gasteiger partial charge is 0.0699 e. The molecule has 2 aromatic rings. The van der Waals surface area contributed by atoms with Gasteiger partial charge in [-0.1, -0.05) is 33.8 Å². The fourth-order valence-corrected chi connectivity index (χ4v) is 2.21. The van der Waals surface area contributed by atoms with Crippen LogP contribution in [-0.4, -0.2) is 9.61 Å². The minimum absolute atomic E-state index is 0.484. The first-order valence-corrected chi connectivity index (χ1v) is 5.99. The lowest BCUT2D eigenvalue weighted by Crippen LogP contribution is -1.96. The highest BCUT2D eigenvalue weighted by molar-refractivity contribution is 5.59. The van der Waals surface area contributed by atoms with Crippen LogP contribution in [-0.2, 0) is 0 Å². The molecule has 0 aliphatic heterocycles. The summed E-state index contributed by atoms with van der Waals surface area (Å²) < 4.78 is 2.03. The van der Waals surface area contributed by atoms with Crippen molar-refractivity contribution in [1.82, 2.24) is 9.61 Å². The zero-order valence-electron chi connectivity index (χ0n) is 10.8. The van der Waals surface area contributed by atoms with Gasteiger partial charge < -0.3 is 0 Å². The quantitative estimate of drug-likeness (QED) is 0.744. The maximum absolute atomic E-state index is 4.71. The molecular weight excluding hydrogens is 196 g/mol. The van der Waals surface area contributed by atoms with Crippen molar-refractivity contribution < 1.29 is 0 Å². The zero-order chi connectivity index (χ0) is 11.9. The molecule has 0 aromatic carbocycles. The molecule has 0 unspecified atom stereocenters. The van der Waals surface area contributed by atoms with Crippen molar-refractivity contribution in [2.45, 2.75) is 46.5 Å². The number of fused-ring (bicyclic) bond motifs is 1. The number of hydrogen-bond donors (Lipinski definition) is 0. The van der Waals surface area contributed by atoms with Gasteiger partial charge in [-0.05, 0) is 30.4 Å². The molecule has 0 aliphatic rings. The number of hydrogen-bond acceptors (Lipinski definition) is 1. The molecule has 0 aliphatic carbocycles. The van der Waals surface area contributed by atoms with Crippen LogP contribution in [0.2, 0.25) is 0 Å². The first kappa shape index (κ1) is 11.2. The molecule has 0 radical (unpaired) electrons. The monoisotopic (exact) mass is 216 g/mol. The van der Waals surface area contributed by atoms with Gasteiger partial charge >= 0.3 is 0 Å². The summed E-state index contributed by atoms with van der Waals surface area (Å²) in [5, 5.41) is 4.71. The topological polar surface area (TPSA) is 17.3 Å². The number of rotatable bonds is 2. The van der Waals surface area contributed by atoms with Crippen molar-refractivity contribution in [3.63, 3.8) is 0 Å². The van der Waals surface area contributed by atoms with E-state index in [4.69, 9.17) is 5.10 Å². The van der Waals surface area contributed by atoms with Gasteiger partial charge in [0.25, 0.3) is 0 Å². The Balaban J connectivity index is 2.75. The second kappa shape index (κ2) is 3.93. The first-order valence-electron chi connectivity index (χ1n) is 5.99. The van der Waals surface area contributed by atoms with E-state index >= 15 is 0 Å².